The van der Waals surface area contributed by atoms with Gasteiger partial charge in [0.15, 0.2) is 0 Å². The van der Waals surface area contributed by atoms with E-state index in [1.807, 2.05) is 12.1 Å². The Morgan fingerprint density at radius 2 is 1.67 bits per heavy atom. The van der Waals surface area contributed by atoms with Crippen LogP contribution in [0.3, 0.4) is 0 Å². The highest BCUT2D eigenvalue weighted by Gasteiger charge is 2.24. The van der Waals surface area contributed by atoms with Gasteiger partial charge in [0.05, 0.1) is 6.10 Å². The van der Waals surface area contributed by atoms with Crippen LogP contribution in [0.1, 0.15) is 60.4 Å². The summed E-state index contributed by atoms with van der Waals surface area (Å²) in [6, 6.07) is 8.15. The van der Waals surface area contributed by atoms with Gasteiger partial charge in [0.1, 0.15) is 6.61 Å². The van der Waals surface area contributed by atoms with E-state index in [9.17, 15) is 9.59 Å². The summed E-state index contributed by atoms with van der Waals surface area (Å²) < 4.78 is 5.34. The van der Waals surface area contributed by atoms with Crippen LogP contribution >= 0.6 is 12.4 Å². The first-order valence-electron chi connectivity index (χ1n) is 9.57. The second-order valence-corrected chi connectivity index (χ2v) is 7.30. The number of hydrogen-bond acceptors (Lipinski definition) is 4. The van der Waals surface area contributed by atoms with E-state index in [-0.39, 0.29) is 37.1 Å². The second-order valence-electron chi connectivity index (χ2n) is 7.30. The average molecular weight is 397 g/mol. The van der Waals surface area contributed by atoms with Crippen LogP contribution in [0.25, 0.3) is 0 Å². The molecule has 1 aromatic rings. The molecule has 0 aromatic heterocycles. The molecule has 27 heavy (non-hydrogen) atoms. The van der Waals surface area contributed by atoms with Crippen molar-refractivity contribution in [3.05, 3.63) is 35.4 Å². The van der Waals surface area contributed by atoms with Gasteiger partial charge in [-0.15, -0.1) is 12.4 Å². The molecule has 150 valence electrons. The van der Waals surface area contributed by atoms with E-state index < -0.39 is 5.97 Å². The van der Waals surface area contributed by atoms with Crippen LogP contribution in [0, 0.1) is 0 Å². The average Bonchev–Trinajstić information content (AvgIpc) is 2.68. The summed E-state index contributed by atoms with van der Waals surface area (Å²) >= 11 is 0. The lowest BCUT2D eigenvalue weighted by Crippen LogP contribution is -2.39. The molecule has 3 rings (SSSR count). The third kappa shape index (κ3) is 6.48. The van der Waals surface area contributed by atoms with Crippen LogP contribution in [0.2, 0.25) is 0 Å². The molecule has 7 heteroatoms. The van der Waals surface area contributed by atoms with Gasteiger partial charge in [0, 0.05) is 11.6 Å². The minimum absolute atomic E-state index is 0. The lowest BCUT2D eigenvalue weighted by Gasteiger charge is -2.28. The Morgan fingerprint density at radius 1 is 1.04 bits per heavy atom. The minimum Gasteiger partial charge on any atom is -0.480 e. The Morgan fingerprint density at radius 3 is 2.26 bits per heavy atom. The van der Waals surface area contributed by atoms with Crippen molar-refractivity contribution >= 4 is 24.3 Å². The molecule has 1 heterocycles. The number of carbonyl (C=O) groups is 2. The molecule has 1 amide bonds. The number of piperidine rings is 1. The van der Waals surface area contributed by atoms with Gasteiger partial charge in [-0.3, -0.25) is 4.79 Å². The molecular weight excluding hydrogens is 368 g/mol. The van der Waals surface area contributed by atoms with Crippen LogP contribution in [-0.2, 0) is 9.53 Å². The number of nitrogens with one attached hydrogen (secondary N) is 2. The fraction of sp³-hybridized carbons (Fsp3) is 0.600. The highest BCUT2D eigenvalue weighted by molar-refractivity contribution is 5.94. The zero-order valence-corrected chi connectivity index (χ0v) is 16.3. The third-order valence-electron chi connectivity index (χ3n) is 5.44. The molecule has 1 saturated heterocycles. The number of carbonyl (C=O) groups excluding carboxylic acids is 1. The first kappa shape index (κ1) is 21.7. The standard InChI is InChI=1S/C20H28N2O4.ClH/c23-19(24)13-26-18-7-5-17(6-8-18)22-20(25)16-3-1-14(2-4-16)15-9-11-21-12-10-15;/h1-4,15,17-18,21H,5-13H2,(H,22,25)(H,23,24);1H. The molecule has 0 unspecified atom stereocenters. The molecule has 0 bridgehead atoms. The number of carboxylic acids is 1. The van der Waals surface area contributed by atoms with Gasteiger partial charge >= 0.3 is 5.97 Å². The highest BCUT2D eigenvalue weighted by Crippen LogP contribution is 2.25. The molecule has 0 spiro atoms. The van der Waals surface area contributed by atoms with Crippen LogP contribution in [0.15, 0.2) is 24.3 Å². The van der Waals surface area contributed by atoms with Crippen molar-refractivity contribution in [2.45, 2.75) is 56.6 Å². The first-order chi connectivity index (χ1) is 12.6. The quantitative estimate of drug-likeness (QED) is 0.688. The van der Waals surface area contributed by atoms with Crippen LogP contribution < -0.4 is 10.6 Å². The van der Waals surface area contributed by atoms with Crippen molar-refractivity contribution in [1.29, 1.82) is 0 Å². The monoisotopic (exact) mass is 396 g/mol. The second kappa shape index (κ2) is 10.6. The fourth-order valence-corrected chi connectivity index (χ4v) is 3.89. The van der Waals surface area contributed by atoms with Gasteiger partial charge in [0.25, 0.3) is 5.91 Å². The Kier molecular flexibility index (Phi) is 8.54. The van der Waals surface area contributed by atoms with Crippen LogP contribution in [0.5, 0.6) is 0 Å². The molecule has 0 radical (unpaired) electrons. The SMILES string of the molecule is Cl.O=C(O)COC1CCC(NC(=O)c2ccc(C3CCNCC3)cc2)CC1. The van der Waals surface area contributed by atoms with Crippen LogP contribution in [0.4, 0.5) is 0 Å². The van der Waals surface area contributed by atoms with Crippen molar-refractivity contribution in [2.75, 3.05) is 19.7 Å². The molecule has 3 N–H and O–H groups in total. The third-order valence-corrected chi connectivity index (χ3v) is 5.44. The van der Waals surface area contributed by atoms with E-state index in [4.69, 9.17) is 9.84 Å². The molecular formula is C20H29ClN2O4. The molecule has 2 aliphatic rings. The first-order valence-corrected chi connectivity index (χ1v) is 9.57. The van der Waals surface area contributed by atoms with E-state index in [1.54, 1.807) is 0 Å². The van der Waals surface area contributed by atoms with E-state index in [0.29, 0.717) is 11.5 Å². The predicted molar refractivity (Wildman–Crippen MR) is 106 cm³/mol. The Bertz CT molecular complexity index is 609. The molecule has 1 aromatic carbocycles. The normalized spacial score (nSPS) is 23.3. The van der Waals surface area contributed by atoms with E-state index in [0.717, 1.165) is 51.6 Å². The maximum Gasteiger partial charge on any atom is 0.329 e. The molecule has 1 saturated carbocycles. The Labute approximate surface area is 166 Å². The molecule has 6 nitrogen and oxygen atoms in total. The van der Waals surface area contributed by atoms with Crippen molar-refractivity contribution < 1.29 is 19.4 Å². The number of amides is 1. The van der Waals surface area contributed by atoms with Gasteiger partial charge in [-0.05, 0) is 75.2 Å². The van der Waals surface area contributed by atoms with Gasteiger partial charge in [-0.2, -0.15) is 0 Å². The molecule has 1 aliphatic heterocycles. The number of carboxylic acid groups (broad SMARTS) is 1. The van der Waals surface area contributed by atoms with Gasteiger partial charge in [0.2, 0.25) is 0 Å². The van der Waals surface area contributed by atoms with Gasteiger partial charge < -0.3 is 20.5 Å². The van der Waals surface area contributed by atoms with E-state index in [1.165, 1.54) is 5.56 Å². The smallest absolute Gasteiger partial charge is 0.329 e. The summed E-state index contributed by atoms with van der Waals surface area (Å²) in [5, 5.41) is 15.1. The number of hydrogen-bond donors (Lipinski definition) is 3. The van der Waals surface area contributed by atoms with E-state index in [2.05, 4.69) is 22.8 Å². The van der Waals surface area contributed by atoms with Crippen molar-refractivity contribution in [2.24, 2.45) is 0 Å². The number of aliphatic carboxylic acids is 1. The summed E-state index contributed by atoms with van der Waals surface area (Å²) in [7, 11) is 0. The lowest BCUT2D eigenvalue weighted by molar-refractivity contribution is -0.145. The number of rotatable bonds is 6. The lowest BCUT2D eigenvalue weighted by atomic mass is 9.89. The number of ether oxygens (including phenoxy) is 1. The summed E-state index contributed by atoms with van der Waals surface area (Å²) in [6.45, 7) is 1.88. The highest BCUT2D eigenvalue weighted by atomic mass is 35.5. The molecule has 1 aliphatic carbocycles. The maximum atomic E-state index is 12.5. The summed E-state index contributed by atoms with van der Waals surface area (Å²) in [4.78, 5) is 23.0. The van der Waals surface area contributed by atoms with Gasteiger partial charge in [-0.25, -0.2) is 4.79 Å². The van der Waals surface area contributed by atoms with Crippen molar-refractivity contribution in [1.82, 2.24) is 10.6 Å². The fourth-order valence-electron chi connectivity index (χ4n) is 3.89. The van der Waals surface area contributed by atoms with E-state index >= 15 is 0 Å². The van der Waals surface area contributed by atoms with Crippen molar-refractivity contribution in [3.8, 4) is 0 Å². The molecule has 0 atom stereocenters. The zero-order chi connectivity index (χ0) is 18.4. The maximum absolute atomic E-state index is 12.5. The number of halogens is 1. The van der Waals surface area contributed by atoms with Crippen molar-refractivity contribution in [3.63, 3.8) is 0 Å². The summed E-state index contributed by atoms with van der Waals surface area (Å²) in [5.41, 5.74) is 2.02. The topological polar surface area (TPSA) is 87.7 Å². The molecule has 2 fully saturated rings. The zero-order valence-electron chi connectivity index (χ0n) is 15.5. The Hall–Kier alpha value is -1.63. The number of benzene rings is 1. The largest absolute Gasteiger partial charge is 0.480 e. The Balaban J connectivity index is 0.00000261. The predicted octanol–water partition coefficient (Wildman–Crippen LogP) is 2.72. The van der Waals surface area contributed by atoms with Gasteiger partial charge in [-0.1, -0.05) is 12.1 Å². The van der Waals surface area contributed by atoms with Crippen LogP contribution in [-0.4, -0.2) is 48.8 Å². The summed E-state index contributed by atoms with van der Waals surface area (Å²) in [6.07, 6.45) is 5.51. The summed E-state index contributed by atoms with van der Waals surface area (Å²) in [5.74, 6) is -0.375. The minimum atomic E-state index is -0.937.